The van der Waals surface area contributed by atoms with Crippen LogP contribution in [0.4, 0.5) is 0 Å². The maximum atomic E-state index is 15.2. The number of cyclic esters (lactones) is 1. The van der Waals surface area contributed by atoms with Gasteiger partial charge >= 0.3 is 5.97 Å². The Morgan fingerprint density at radius 1 is 0.925 bits per heavy atom. The van der Waals surface area contributed by atoms with E-state index in [4.69, 9.17) is 9.47 Å². The van der Waals surface area contributed by atoms with Gasteiger partial charge in [-0.3, -0.25) is 19.2 Å². The van der Waals surface area contributed by atoms with Gasteiger partial charge in [-0.2, -0.15) is 0 Å². The van der Waals surface area contributed by atoms with E-state index in [0.29, 0.717) is 17.5 Å². The van der Waals surface area contributed by atoms with Gasteiger partial charge in [0.15, 0.2) is 0 Å². The molecule has 0 radical (unpaired) electrons. The lowest BCUT2D eigenvalue weighted by Crippen LogP contribution is -2.59. The lowest BCUT2D eigenvalue weighted by Gasteiger charge is -2.38. The molecule has 7 atom stereocenters. The van der Waals surface area contributed by atoms with E-state index in [-0.39, 0.29) is 32.7 Å². The van der Waals surface area contributed by atoms with Crippen molar-refractivity contribution in [3.8, 4) is 0 Å². The summed E-state index contributed by atoms with van der Waals surface area (Å²) in [6, 6.07) is 23.3. The molecule has 8 rings (SSSR count). The van der Waals surface area contributed by atoms with Gasteiger partial charge in [-0.1, -0.05) is 102 Å². The van der Waals surface area contributed by atoms with Crippen LogP contribution in [0, 0.1) is 11.8 Å². The van der Waals surface area contributed by atoms with Crippen LogP contribution in [0.15, 0.2) is 109 Å². The van der Waals surface area contributed by atoms with Gasteiger partial charge < -0.3 is 29.7 Å². The second kappa shape index (κ2) is 14.4. The number of aromatic nitrogens is 3. The van der Waals surface area contributed by atoms with E-state index >= 15 is 4.79 Å². The number of amides is 3. The van der Waals surface area contributed by atoms with Gasteiger partial charge in [-0.05, 0) is 36.1 Å². The Morgan fingerprint density at radius 2 is 1.68 bits per heavy atom. The Bertz CT molecular complexity index is 2070. The molecule has 4 aliphatic heterocycles. The zero-order chi connectivity index (χ0) is 36.5. The molecule has 1 aromatic heterocycles. The van der Waals surface area contributed by atoms with Crippen molar-refractivity contribution in [2.75, 3.05) is 19.8 Å². The molecule has 2 saturated heterocycles. The molecule has 272 valence electrons. The third kappa shape index (κ3) is 6.29. The van der Waals surface area contributed by atoms with E-state index in [1.807, 2.05) is 91.0 Å². The smallest absolute Gasteiger partial charge is 0.306 e. The number of nitrogens with zero attached hydrogens (tertiary/aromatic N) is 5. The number of carbonyl (C=O) groups excluding carboxylic acids is 4. The largest absolute Gasteiger partial charge is 0.463 e. The fraction of sp³-hybridized carbons (Fsp3) is 0.350. The van der Waals surface area contributed by atoms with Crippen LogP contribution in [0.25, 0.3) is 11.0 Å². The summed E-state index contributed by atoms with van der Waals surface area (Å²) in [6.45, 7) is -0.431. The highest BCUT2D eigenvalue weighted by atomic mass is 16.5. The number of fused-ring (bicyclic) bond motifs is 3. The van der Waals surface area contributed by atoms with Crippen molar-refractivity contribution in [3.05, 3.63) is 120 Å². The number of para-hydroxylation sites is 1. The van der Waals surface area contributed by atoms with Crippen molar-refractivity contribution < 1.29 is 33.8 Å². The lowest BCUT2D eigenvalue weighted by atomic mass is 9.74. The standard InChI is InChI=1S/C40H40N6O7/c47-23-28(22-26-12-4-1-5-13-26)46-36-39(51)44(25-45-31-17-10-9-16-29(31)42-43-45)21-11-3-8-18-33(48)52-24-30(27-14-6-2-7-15-27)41-37(49)34-32-19-20-40(36,53-32)35(34)38(46)50/h1-7,9-17,19-20,28,30,32,34-36,47H,8,18,21-25H2,(H,41,49)/b11-3-/t28-,30+,32+,34-,35-,36+,40-/m1/s1. The van der Waals surface area contributed by atoms with Crippen LogP contribution in [0.5, 0.6) is 0 Å². The average Bonchev–Trinajstić information content (AvgIpc) is 3.94. The number of hydrogen-bond donors (Lipinski definition) is 2. The van der Waals surface area contributed by atoms with Crippen LogP contribution in [0.2, 0.25) is 0 Å². The number of benzene rings is 3. The first-order valence-electron chi connectivity index (χ1n) is 17.9. The third-order valence-corrected chi connectivity index (χ3v) is 10.7. The first-order valence-corrected chi connectivity index (χ1v) is 17.9. The number of allylic oxidation sites excluding steroid dienone is 1. The van der Waals surface area contributed by atoms with Gasteiger partial charge in [0.25, 0.3) is 5.91 Å². The maximum absolute atomic E-state index is 15.2. The molecule has 3 aromatic carbocycles. The van der Waals surface area contributed by atoms with Gasteiger partial charge in [0.05, 0.1) is 42.1 Å². The molecule has 4 aliphatic rings. The summed E-state index contributed by atoms with van der Waals surface area (Å²) < 4.78 is 13.9. The molecule has 4 aromatic rings. The number of nitrogens with one attached hydrogen (secondary N) is 1. The minimum absolute atomic E-state index is 0.0106. The Hall–Kier alpha value is -5.66. The molecule has 2 fully saturated rings. The molecule has 5 bridgehead atoms. The number of esters is 1. The molecule has 13 heteroatoms. The number of likely N-dealkylation sites (tertiary alicyclic amines) is 1. The van der Waals surface area contributed by atoms with Crippen LogP contribution < -0.4 is 5.32 Å². The summed E-state index contributed by atoms with van der Waals surface area (Å²) in [5, 5.41) is 22.6. The Balaban J connectivity index is 1.22. The average molecular weight is 717 g/mol. The minimum Gasteiger partial charge on any atom is -0.463 e. The van der Waals surface area contributed by atoms with Crippen molar-refractivity contribution in [1.29, 1.82) is 0 Å². The number of rotatable bonds is 7. The Labute approximate surface area is 305 Å². The van der Waals surface area contributed by atoms with Crippen molar-refractivity contribution in [3.63, 3.8) is 0 Å². The van der Waals surface area contributed by atoms with Crippen LogP contribution in [-0.2, 0) is 41.7 Å². The van der Waals surface area contributed by atoms with E-state index in [2.05, 4.69) is 15.6 Å². The Kier molecular flexibility index (Phi) is 9.35. The van der Waals surface area contributed by atoms with Crippen LogP contribution in [-0.4, -0.2) is 97.1 Å². The Morgan fingerprint density at radius 3 is 2.47 bits per heavy atom. The summed E-state index contributed by atoms with van der Waals surface area (Å²) in [5.41, 5.74) is 1.49. The zero-order valence-corrected chi connectivity index (χ0v) is 28.9. The summed E-state index contributed by atoms with van der Waals surface area (Å²) >= 11 is 0. The number of aliphatic hydroxyl groups excluding tert-OH is 1. The molecule has 2 N–H and O–H groups in total. The summed E-state index contributed by atoms with van der Waals surface area (Å²) in [7, 11) is 0. The van der Waals surface area contributed by atoms with Gasteiger partial charge in [0, 0.05) is 13.0 Å². The van der Waals surface area contributed by atoms with Crippen molar-refractivity contribution in [2.45, 2.75) is 55.8 Å². The minimum atomic E-state index is -1.49. The molecule has 3 amide bonds. The molecule has 0 aliphatic carbocycles. The van der Waals surface area contributed by atoms with E-state index in [9.17, 15) is 19.5 Å². The predicted octanol–water partition coefficient (Wildman–Crippen LogP) is 2.72. The normalized spacial score (nSPS) is 28.6. The highest BCUT2D eigenvalue weighted by Crippen LogP contribution is 2.56. The highest BCUT2D eigenvalue weighted by Gasteiger charge is 2.73. The van der Waals surface area contributed by atoms with E-state index in [1.165, 1.54) is 4.90 Å². The van der Waals surface area contributed by atoms with Gasteiger partial charge in [0.1, 0.15) is 30.4 Å². The fourth-order valence-corrected chi connectivity index (χ4v) is 8.24. The number of carbonyl (C=O) groups is 4. The zero-order valence-electron chi connectivity index (χ0n) is 28.9. The van der Waals surface area contributed by atoms with Gasteiger partial charge in [0.2, 0.25) is 11.8 Å². The van der Waals surface area contributed by atoms with Crippen LogP contribution in [0.1, 0.15) is 30.0 Å². The number of ether oxygens (including phenoxy) is 2. The first-order chi connectivity index (χ1) is 25.9. The summed E-state index contributed by atoms with van der Waals surface area (Å²) in [6.07, 6.45) is 7.07. The lowest BCUT2D eigenvalue weighted by molar-refractivity contribution is -0.151. The van der Waals surface area contributed by atoms with Gasteiger partial charge in [-0.15, -0.1) is 5.10 Å². The predicted molar refractivity (Wildman–Crippen MR) is 191 cm³/mol. The maximum Gasteiger partial charge on any atom is 0.306 e. The summed E-state index contributed by atoms with van der Waals surface area (Å²) in [5.74, 6) is -3.83. The number of aliphatic hydroxyl groups is 1. The van der Waals surface area contributed by atoms with Gasteiger partial charge in [-0.25, -0.2) is 4.68 Å². The van der Waals surface area contributed by atoms with Crippen molar-refractivity contribution in [2.24, 2.45) is 11.8 Å². The molecular formula is C40H40N6O7. The third-order valence-electron chi connectivity index (χ3n) is 10.7. The van der Waals surface area contributed by atoms with E-state index in [1.54, 1.807) is 27.8 Å². The van der Waals surface area contributed by atoms with Crippen LogP contribution >= 0.6 is 0 Å². The monoisotopic (exact) mass is 716 g/mol. The molecule has 1 spiro atoms. The molecule has 13 nitrogen and oxygen atoms in total. The summed E-state index contributed by atoms with van der Waals surface area (Å²) in [4.78, 5) is 60.5. The topological polar surface area (TPSA) is 156 Å². The molecule has 0 unspecified atom stereocenters. The second-order valence-corrected chi connectivity index (χ2v) is 13.9. The van der Waals surface area contributed by atoms with Crippen molar-refractivity contribution >= 4 is 34.7 Å². The van der Waals surface area contributed by atoms with E-state index in [0.717, 1.165) is 11.1 Å². The fourth-order valence-electron chi connectivity index (χ4n) is 8.24. The SMILES string of the molecule is O=C1CC/C=C\CN(Cn2nnc3ccccc32)C(=O)[C@@H]2N([C@@H](CO)Cc3ccccc3)C(=O)[C@H]3[C@H](C(=O)N[C@H](c4ccccc4)CO1)[C@@H]1C=C[C@]23O1. The highest BCUT2D eigenvalue weighted by molar-refractivity contribution is 6.00. The second-order valence-electron chi connectivity index (χ2n) is 13.9. The number of hydrogen-bond acceptors (Lipinski definition) is 9. The quantitative estimate of drug-likeness (QED) is 0.217. The molecule has 0 saturated carbocycles. The molecular weight excluding hydrogens is 676 g/mol. The molecule has 5 heterocycles. The van der Waals surface area contributed by atoms with E-state index < -0.39 is 72.0 Å². The first kappa shape index (κ1) is 34.4. The van der Waals surface area contributed by atoms with Crippen molar-refractivity contribution in [1.82, 2.24) is 30.1 Å². The van der Waals surface area contributed by atoms with Crippen LogP contribution in [0.3, 0.4) is 0 Å². The molecule has 53 heavy (non-hydrogen) atoms.